The van der Waals surface area contributed by atoms with E-state index in [2.05, 4.69) is 6.92 Å². The molecule has 33 heavy (non-hydrogen) atoms. The molecule has 9 heteroatoms. The van der Waals surface area contributed by atoms with Gasteiger partial charge in [0.15, 0.2) is 0 Å². The summed E-state index contributed by atoms with van der Waals surface area (Å²) in [7, 11) is 2.88. The third kappa shape index (κ3) is 5.83. The number of likely N-dealkylation sites (tertiary alicyclic amines) is 1. The second-order valence-electron chi connectivity index (χ2n) is 9.05. The van der Waals surface area contributed by atoms with E-state index in [-0.39, 0.29) is 13.0 Å². The molecule has 2 heterocycles. The van der Waals surface area contributed by atoms with E-state index < -0.39 is 29.8 Å². The lowest BCUT2D eigenvalue weighted by atomic mass is 10.1. The maximum atomic E-state index is 12.8. The number of nitrogens with zero attached hydrogens (tertiary/aromatic N) is 3. The van der Waals surface area contributed by atoms with Crippen molar-refractivity contribution >= 4 is 23.1 Å². The molecule has 1 fully saturated rings. The number of ether oxygens (including phenoxy) is 4. The number of para-hydroxylation sites is 1. The molecule has 0 N–H and O–H groups in total. The van der Waals surface area contributed by atoms with Gasteiger partial charge in [0, 0.05) is 6.42 Å². The summed E-state index contributed by atoms with van der Waals surface area (Å²) in [6, 6.07) is 4.78. The van der Waals surface area contributed by atoms with Crippen LogP contribution in [0.4, 0.5) is 4.79 Å². The van der Waals surface area contributed by atoms with Crippen LogP contribution in [-0.2, 0) is 20.7 Å². The van der Waals surface area contributed by atoms with Gasteiger partial charge in [0.25, 0.3) is 0 Å². The second kappa shape index (κ2) is 10.2. The summed E-state index contributed by atoms with van der Waals surface area (Å²) in [6.45, 7) is 7.61. The molecular formula is C24H33N3O6. The highest BCUT2D eigenvalue weighted by atomic mass is 16.6. The fraction of sp³-hybridized carbons (Fsp3) is 0.583. The molecule has 0 bridgehead atoms. The zero-order valence-corrected chi connectivity index (χ0v) is 20.2. The number of fused-ring (bicyclic) bond motifs is 1. The summed E-state index contributed by atoms with van der Waals surface area (Å²) in [5.41, 5.74) is 1.37. The first kappa shape index (κ1) is 24.5. The zero-order chi connectivity index (χ0) is 24.2. The van der Waals surface area contributed by atoms with E-state index in [1.54, 1.807) is 27.9 Å². The summed E-state index contributed by atoms with van der Waals surface area (Å²) in [5.74, 6) is 0.477. The first-order chi connectivity index (χ1) is 15.7. The third-order valence-electron chi connectivity index (χ3n) is 5.32. The van der Waals surface area contributed by atoms with Gasteiger partial charge in [-0.25, -0.2) is 19.6 Å². The number of unbranched alkanes of at least 4 members (excludes halogenated alkanes) is 1. The topological polar surface area (TPSA) is 100 Å². The molecule has 0 radical (unpaired) electrons. The summed E-state index contributed by atoms with van der Waals surface area (Å²) in [6.07, 6.45) is 1.85. The van der Waals surface area contributed by atoms with Crippen molar-refractivity contribution < 1.29 is 28.5 Å². The van der Waals surface area contributed by atoms with Gasteiger partial charge in [0.05, 0.1) is 26.3 Å². The summed E-state index contributed by atoms with van der Waals surface area (Å²) in [5, 5.41) is 0. The van der Waals surface area contributed by atoms with E-state index in [1.807, 2.05) is 18.2 Å². The van der Waals surface area contributed by atoms with Gasteiger partial charge >= 0.3 is 12.1 Å². The molecule has 1 saturated heterocycles. The molecule has 2 unspecified atom stereocenters. The predicted molar refractivity (Wildman–Crippen MR) is 122 cm³/mol. The van der Waals surface area contributed by atoms with Crippen LogP contribution in [0.2, 0.25) is 0 Å². The summed E-state index contributed by atoms with van der Waals surface area (Å²) >= 11 is 0. The molecule has 1 aliphatic rings. The maximum absolute atomic E-state index is 12.8. The van der Waals surface area contributed by atoms with Gasteiger partial charge in [-0.3, -0.25) is 4.90 Å². The van der Waals surface area contributed by atoms with Crippen LogP contribution in [0.1, 0.15) is 52.7 Å². The van der Waals surface area contributed by atoms with Crippen LogP contribution in [-0.4, -0.2) is 65.4 Å². The number of methoxy groups -OCH3 is 2. The van der Waals surface area contributed by atoms with E-state index in [0.717, 1.165) is 24.1 Å². The molecule has 1 aromatic carbocycles. The number of esters is 1. The van der Waals surface area contributed by atoms with Crippen LogP contribution in [0.3, 0.4) is 0 Å². The number of benzene rings is 1. The highest BCUT2D eigenvalue weighted by Gasteiger charge is 2.43. The van der Waals surface area contributed by atoms with Gasteiger partial charge in [-0.2, -0.15) is 0 Å². The van der Waals surface area contributed by atoms with Gasteiger partial charge in [-0.05, 0) is 45.7 Å². The Hall–Kier alpha value is -3.10. The van der Waals surface area contributed by atoms with Crippen molar-refractivity contribution in [2.45, 2.75) is 71.1 Å². The van der Waals surface area contributed by atoms with Crippen LogP contribution in [0.15, 0.2) is 18.2 Å². The SMILES string of the molecule is CCCCc1nc2cccc(OC)c2nc1OC1CC(C(=O)OC)N(C(=O)OC(C)(C)C)C1. The largest absolute Gasteiger partial charge is 0.494 e. The Morgan fingerprint density at radius 3 is 2.58 bits per heavy atom. The predicted octanol–water partition coefficient (Wildman–Crippen LogP) is 3.91. The fourth-order valence-electron chi connectivity index (χ4n) is 3.76. The van der Waals surface area contributed by atoms with E-state index >= 15 is 0 Å². The Balaban J connectivity index is 1.91. The number of carbonyl (C=O) groups is 2. The molecule has 0 aliphatic carbocycles. The van der Waals surface area contributed by atoms with Crippen molar-refractivity contribution in [3.05, 3.63) is 23.9 Å². The normalized spacial score (nSPS) is 18.3. The first-order valence-corrected chi connectivity index (χ1v) is 11.2. The minimum Gasteiger partial charge on any atom is -0.494 e. The lowest BCUT2D eigenvalue weighted by Gasteiger charge is -2.27. The van der Waals surface area contributed by atoms with Crippen molar-refractivity contribution in [1.29, 1.82) is 0 Å². The first-order valence-electron chi connectivity index (χ1n) is 11.2. The van der Waals surface area contributed by atoms with E-state index in [1.165, 1.54) is 12.0 Å². The Bertz CT molecular complexity index is 1000. The molecular weight excluding hydrogens is 426 g/mol. The maximum Gasteiger partial charge on any atom is 0.411 e. The molecule has 2 aromatic rings. The number of amides is 1. The van der Waals surface area contributed by atoms with E-state index in [0.29, 0.717) is 23.6 Å². The standard InChI is InChI=1S/C24H33N3O6/c1-7-8-10-17-21(26-20-16(25-17)11-9-12-19(20)30-5)32-15-13-18(22(28)31-6)27(14-15)23(29)33-24(2,3)4/h9,11-12,15,18H,7-8,10,13-14H2,1-6H3. The molecule has 2 atom stereocenters. The van der Waals surface area contributed by atoms with Crippen molar-refractivity contribution in [2.24, 2.45) is 0 Å². The highest BCUT2D eigenvalue weighted by molar-refractivity contribution is 5.83. The second-order valence-corrected chi connectivity index (χ2v) is 9.05. The van der Waals surface area contributed by atoms with Crippen LogP contribution < -0.4 is 9.47 Å². The van der Waals surface area contributed by atoms with Gasteiger partial charge in [0.1, 0.15) is 34.7 Å². The van der Waals surface area contributed by atoms with Crippen molar-refractivity contribution in [2.75, 3.05) is 20.8 Å². The Kier molecular flexibility index (Phi) is 7.61. The minimum absolute atomic E-state index is 0.174. The quantitative estimate of drug-likeness (QED) is 0.575. The molecule has 0 saturated carbocycles. The number of aromatic nitrogens is 2. The number of hydrogen-bond acceptors (Lipinski definition) is 8. The highest BCUT2D eigenvalue weighted by Crippen LogP contribution is 2.30. The van der Waals surface area contributed by atoms with Gasteiger partial charge < -0.3 is 18.9 Å². The minimum atomic E-state index is -0.795. The van der Waals surface area contributed by atoms with Gasteiger partial charge in [-0.15, -0.1) is 0 Å². The lowest BCUT2D eigenvalue weighted by molar-refractivity contribution is -0.145. The molecule has 1 amide bonds. The third-order valence-corrected chi connectivity index (χ3v) is 5.32. The molecule has 180 valence electrons. The summed E-state index contributed by atoms with van der Waals surface area (Å²) < 4.78 is 22.1. The van der Waals surface area contributed by atoms with Gasteiger partial charge in [-0.1, -0.05) is 19.4 Å². The van der Waals surface area contributed by atoms with E-state index in [9.17, 15) is 9.59 Å². The number of rotatable bonds is 7. The van der Waals surface area contributed by atoms with Crippen LogP contribution in [0.5, 0.6) is 11.6 Å². The van der Waals surface area contributed by atoms with Crippen molar-refractivity contribution in [3.63, 3.8) is 0 Å². The fourth-order valence-corrected chi connectivity index (χ4v) is 3.76. The average Bonchev–Trinajstić information content (AvgIpc) is 3.19. The van der Waals surface area contributed by atoms with Crippen LogP contribution in [0.25, 0.3) is 11.0 Å². The van der Waals surface area contributed by atoms with Gasteiger partial charge in [0.2, 0.25) is 5.88 Å². The van der Waals surface area contributed by atoms with Crippen LogP contribution in [0, 0.1) is 0 Å². The van der Waals surface area contributed by atoms with Crippen molar-refractivity contribution in [1.82, 2.24) is 14.9 Å². The number of aryl methyl sites for hydroxylation is 1. The lowest BCUT2D eigenvalue weighted by Crippen LogP contribution is -2.44. The molecule has 9 nitrogen and oxygen atoms in total. The Morgan fingerprint density at radius 1 is 1.18 bits per heavy atom. The molecule has 0 spiro atoms. The Morgan fingerprint density at radius 2 is 1.94 bits per heavy atom. The van der Waals surface area contributed by atoms with Crippen LogP contribution >= 0.6 is 0 Å². The molecule has 1 aromatic heterocycles. The smallest absolute Gasteiger partial charge is 0.411 e. The average molecular weight is 460 g/mol. The Labute approximate surface area is 194 Å². The molecule has 1 aliphatic heterocycles. The van der Waals surface area contributed by atoms with E-state index in [4.69, 9.17) is 28.9 Å². The monoisotopic (exact) mass is 459 g/mol. The number of carbonyl (C=O) groups excluding carboxylic acids is 2. The molecule has 3 rings (SSSR count). The zero-order valence-electron chi connectivity index (χ0n) is 20.2. The van der Waals surface area contributed by atoms with Crippen molar-refractivity contribution in [3.8, 4) is 11.6 Å². The number of hydrogen-bond donors (Lipinski definition) is 0. The summed E-state index contributed by atoms with van der Waals surface area (Å²) in [4.78, 5) is 36.0.